The summed E-state index contributed by atoms with van der Waals surface area (Å²) in [6.45, 7) is 2.41. The third kappa shape index (κ3) is 8.65. The summed E-state index contributed by atoms with van der Waals surface area (Å²) in [4.78, 5) is 2.63. The van der Waals surface area contributed by atoms with Crippen LogP contribution < -0.4 is 5.32 Å². The molecular weight excluding hydrogens is 232 g/mol. The topological polar surface area (TPSA) is 15.3 Å². The predicted octanol–water partition coefficient (Wildman–Crippen LogP) is 4.20. The molecule has 0 amide bonds. The van der Waals surface area contributed by atoms with Crippen molar-refractivity contribution in [2.24, 2.45) is 0 Å². The van der Waals surface area contributed by atoms with Gasteiger partial charge in [-0.1, -0.05) is 57.8 Å². The molecule has 1 fully saturated rings. The van der Waals surface area contributed by atoms with Crippen LogP contribution in [0.4, 0.5) is 0 Å². The van der Waals surface area contributed by atoms with Gasteiger partial charge < -0.3 is 10.2 Å². The van der Waals surface area contributed by atoms with E-state index in [0.29, 0.717) is 0 Å². The van der Waals surface area contributed by atoms with Gasteiger partial charge in [-0.15, -0.1) is 0 Å². The largest absolute Gasteiger partial charge is 0.320 e. The van der Waals surface area contributed by atoms with Gasteiger partial charge in [-0.2, -0.15) is 0 Å². The normalized spacial score (nSPS) is 21.0. The van der Waals surface area contributed by atoms with Crippen LogP contribution in [-0.2, 0) is 0 Å². The van der Waals surface area contributed by atoms with Crippen LogP contribution in [0, 0.1) is 0 Å². The molecule has 2 nitrogen and oxygen atoms in total. The Bertz CT molecular complexity index is 182. The number of nitrogens with zero attached hydrogens (tertiary/aromatic N) is 1. The second kappa shape index (κ2) is 11.7. The van der Waals surface area contributed by atoms with E-state index >= 15 is 0 Å². The lowest BCUT2D eigenvalue weighted by atomic mass is 9.97. The lowest BCUT2D eigenvalue weighted by Crippen LogP contribution is -2.33. The zero-order valence-corrected chi connectivity index (χ0v) is 13.4. The van der Waals surface area contributed by atoms with Gasteiger partial charge >= 0.3 is 0 Å². The molecule has 0 heterocycles. The van der Waals surface area contributed by atoms with Gasteiger partial charge in [-0.05, 0) is 46.4 Å². The SMILES string of the molecule is CNCCCN(C)C1CCCCCCCCCCC1. The van der Waals surface area contributed by atoms with E-state index in [4.69, 9.17) is 0 Å². The van der Waals surface area contributed by atoms with E-state index in [0.717, 1.165) is 12.6 Å². The van der Waals surface area contributed by atoms with Crippen LogP contribution in [0.3, 0.4) is 0 Å². The van der Waals surface area contributed by atoms with E-state index in [1.54, 1.807) is 0 Å². The van der Waals surface area contributed by atoms with Crippen LogP contribution in [-0.4, -0.2) is 38.1 Å². The van der Waals surface area contributed by atoms with E-state index in [1.807, 2.05) is 0 Å². The first-order valence-corrected chi connectivity index (χ1v) is 8.69. The van der Waals surface area contributed by atoms with Gasteiger partial charge in [0.15, 0.2) is 0 Å². The lowest BCUT2D eigenvalue weighted by Gasteiger charge is -2.28. The summed E-state index contributed by atoms with van der Waals surface area (Å²) >= 11 is 0. The molecule has 2 heteroatoms. The number of rotatable bonds is 5. The fourth-order valence-electron chi connectivity index (χ4n) is 3.27. The Morgan fingerprint density at radius 3 is 1.79 bits per heavy atom. The molecule has 0 aliphatic heterocycles. The van der Waals surface area contributed by atoms with Gasteiger partial charge in [0.1, 0.15) is 0 Å². The van der Waals surface area contributed by atoms with E-state index < -0.39 is 0 Å². The summed E-state index contributed by atoms with van der Waals surface area (Å²) in [5.41, 5.74) is 0. The van der Waals surface area contributed by atoms with Gasteiger partial charge in [0.2, 0.25) is 0 Å². The molecule has 0 radical (unpaired) electrons. The van der Waals surface area contributed by atoms with Crippen LogP contribution in [0.5, 0.6) is 0 Å². The Balaban J connectivity index is 2.28. The Morgan fingerprint density at radius 1 is 0.842 bits per heavy atom. The molecule has 0 spiro atoms. The Morgan fingerprint density at radius 2 is 1.32 bits per heavy atom. The minimum atomic E-state index is 0.844. The summed E-state index contributed by atoms with van der Waals surface area (Å²) in [5, 5.41) is 3.26. The molecular formula is C17H36N2. The Kier molecular flexibility index (Phi) is 10.5. The van der Waals surface area contributed by atoms with Crippen LogP contribution >= 0.6 is 0 Å². The van der Waals surface area contributed by atoms with Gasteiger partial charge in [0.05, 0.1) is 0 Å². The first-order chi connectivity index (χ1) is 9.34. The fraction of sp³-hybridized carbons (Fsp3) is 1.00. The molecule has 1 saturated carbocycles. The quantitative estimate of drug-likeness (QED) is 0.752. The Labute approximate surface area is 121 Å². The van der Waals surface area contributed by atoms with Crippen LogP contribution in [0.1, 0.15) is 77.0 Å². The zero-order chi connectivity index (χ0) is 13.8. The molecule has 1 aliphatic carbocycles. The van der Waals surface area contributed by atoms with Gasteiger partial charge in [-0.3, -0.25) is 0 Å². The van der Waals surface area contributed by atoms with Gasteiger partial charge in [0, 0.05) is 6.04 Å². The predicted molar refractivity (Wildman–Crippen MR) is 85.7 cm³/mol. The van der Waals surface area contributed by atoms with Crippen molar-refractivity contribution in [3.63, 3.8) is 0 Å². The number of hydrogen-bond donors (Lipinski definition) is 1. The molecule has 0 atom stereocenters. The number of nitrogens with one attached hydrogen (secondary N) is 1. The number of hydrogen-bond acceptors (Lipinski definition) is 2. The van der Waals surface area contributed by atoms with Crippen molar-refractivity contribution in [3.05, 3.63) is 0 Å². The molecule has 0 aromatic carbocycles. The summed E-state index contributed by atoms with van der Waals surface area (Å²) in [6.07, 6.45) is 17.3. The van der Waals surface area contributed by atoms with Crippen molar-refractivity contribution >= 4 is 0 Å². The molecule has 0 saturated heterocycles. The van der Waals surface area contributed by atoms with E-state index in [1.165, 1.54) is 83.6 Å². The third-order valence-corrected chi connectivity index (χ3v) is 4.64. The maximum atomic E-state index is 3.26. The standard InChI is InChI=1S/C17H36N2/c1-18-15-12-16-19(2)17-13-10-8-6-4-3-5-7-9-11-14-17/h17-18H,3-16H2,1-2H3. The maximum Gasteiger partial charge on any atom is 0.00922 e. The summed E-state index contributed by atoms with van der Waals surface area (Å²) in [5.74, 6) is 0. The average Bonchev–Trinajstić information content (AvgIpc) is 2.39. The third-order valence-electron chi connectivity index (χ3n) is 4.64. The minimum Gasteiger partial charge on any atom is -0.320 e. The van der Waals surface area contributed by atoms with E-state index in [9.17, 15) is 0 Å². The highest BCUT2D eigenvalue weighted by Gasteiger charge is 2.14. The maximum absolute atomic E-state index is 3.26. The average molecular weight is 268 g/mol. The van der Waals surface area contributed by atoms with Crippen molar-refractivity contribution in [2.75, 3.05) is 27.2 Å². The second-order valence-electron chi connectivity index (χ2n) is 6.35. The Hall–Kier alpha value is -0.0800. The first-order valence-electron chi connectivity index (χ1n) is 8.69. The van der Waals surface area contributed by atoms with Gasteiger partial charge in [-0.25, -0.2) is 0 Å². The van der Waals surface area contributed by atoms with E-state index in [-0.39, 0.29) is 0 Å². The molecule has 1 rings (SSSR count). The lowest BCUT2D eigenvalue weighted by molar-refractivity contribution is 0.206. The first kappa shape index (κ1) is 17.0. The van der Waals surface area contributed by atoms with E-state index in [2.05, 4.69) is 24.3 Å². The second-order valence-corrected chi connectivity index (χ2v) is 6.35. The molecule has 1 N–H and O–H groups in total. The summed E-state index contributed by atoms with van der Waals surface area (Å²) in [6, 6.07) is 0.844. The van der Waals surface area contributed by atoms with Crippen LogP contribution in [0.15, 0.2) is 0 Å². The smallest absolute Gasteiger partial charge is 0.00922 e. The van der Waals surface area contributed by atoms with Crippen molar-refractivity contribution in [1.29, 1.82) is 0 Å². The molecule has 19 heavy (non-hydrogen) atoms. The van der Waals surface area contributed by atoms with Crippen molar-refractivity contribution in [3.8, 4) is 0 Å². The summed E-state index contributed by atoms with van der Waals surface area (Å²) in [7, 11) is 4.39. The highest BCUT2D eigenvalue weighted by molar-refractivity contribution is 4.70. The highest BCUT2D eigenvalue weighted by Crippen LogP contribution is 2.19. The minimum absolute atomic E-state index is 0.844. The van der Waals surface area contributed by atoms with Crippen molar-refractivity contribution in [1.82, 2.24) is 10.2 Å². The molecule has 0 bridgehead atoms. The molecule has 0 aromatic heterocycles. The van der Waals surface area contributed by atoms with Crippen LogP contribution in [0.2, 0.25) is 0 Å². The van der Waals surface area contributed by atoms with Gasteiger partial charge in [0.25, 0.3) is 0 Å². The van der Waals surface area contributed by atoms with Crippen molar-refractivity contribution < 1.29 is 0 Å². The van der Waals surface area contributed by atoms with Crippen molar-refractivity contribution in [2.45, 2.75) is 83.1 Å². The molecule has 0 unspecified atom stereocenters. The molecule has 1 aliphatic rings. The zero-order valence-electron chi connectivity index (χ0n) is 13.4. The molecule has 114 valence electrons. The van der Waals surface area contributed by atoms with Crippen LogP contribution in [0.25, 0.3) is 0 Å². The highest BCUT2D eigenvalue weighted by atomic mass is 15.1. The fourth-order valence-corrected chi connectivity index (χ4v) is 3.27. The monoisotopic (exact) mass is 268 g/mol. The summed E-state index contributed by atoms with van der Waals surface area (Å²) < 4.78 is 0. The molecule has 0 aromatic rings.